The van der Waals surface area contributed by atoms with Crippen molar-refractivity contribution in [1.29, 1.82) is 0 Å². The van der Waals surface area contributed by atoms with Crippen molar-refractivity contribution in [2.45, 2.75) is 23.6 Å². The van der Waals surface area contributed by atoms with Gasteiger partial charge in [-0.1, -0.05) is 24.3 Å². The van der Waals surface area contributed by atoms with E-state index in [-0.39, 0.29) is 19.0 Å². The van der Waals surface area contributed by atoms with E-state index < -0.39 is 10.0 Å². The lowest BCUT2D eigenvalue weighted by Crippen LogP contribution is -2.50. The summed E-state index contributed by atoms with van der Waals surface area (Å²) in [4.78, 5) is 15.3. The highest BCUT2D eigenvalue weighted by molar-refractivity contribution is 7.89. The molecule has 0 radical (unpaired) electrons. The Kier molecular flexibility index (Phi) is 5.41. The minimum atomic E-state index is -3.56. The average Bonchev–Trinajstić information content (AvgIpc) is 2.63. The van der Waals surface area contributed by atoms with Crippen LogP contribution in [-0.2, 0) is 10.0 Å². The number of sulfonamides is 1. The first-order chi connectivity index (χ1) is 12.3. The maximum Gasteiger partial charge on any atom is 0.255 e. The number of thiol groups is 1. The van der Waals surface area contributed by atoms with Gasteiger partial charge >= 0.3 is 0 Å². The van der Waals surface area contributed by atoms with E-state index in [0.29, 0.717) is 28.4 Å². The average molecular weight is 391 g/mol. The first-order valence-corrected chi connectivity index (χ1v) is 10.3. The van der Waals surface area contributed by atoms with Crippen molar-refractivity contribution in [1.82, 2.24) is 9.21 Å². The number of nitrogens with zero attached hydrogens (tertiary/aromatic N) is 2. The van der Waals surface area contributed by atoms with Gasteiger partial charge in [0, 0.05) is 31.1 Å². The van der Waals surface area contributed by atoms with Gasteiger partial charge in [-0.15, -0.1) is 12.6 Å². The fourth-order valence-electron chi connectivity index (χ4n) is 3.08. The predicted molar refractivity (Wildman–Crippen MR) is 104 cm³/mol. The lowest BCUT2D eigenvalue weighted by Gasteiger charge is -2.34. The van der Waals surface area contributed by atoms with Crippen molar-refractivity contribution < 1.29 is 13.2 Å². The Balaban J connectivity index is 1.75. The third-order valence-electron chi connectivity index (χ3n) is 4.62. The van der Waals surface area contributed by atoms with Crippen LogP contribution in [0.15, 0.2) is 52.3 Å². The summed E-state index contributed by atoms with van der Waals surface area (Å²) < 4.78 is 27.4. The lowest BCUT2D eigenvalue weighted by atomic mass is 10.2. The van der Waals surface area contributed by atoms with Crippen molar-refractivity contribution in [3.63, 3.8) is 0 Å². The SMILES string of the molecule is Cc1ccc(C)c(S(=O)(=O)N2CCN(C(=O)c3ccccc3S)CC2)c1. The molecule has 2 aromatic rings. The maximum atomic E-state index is 13.0. The number of amides is 1. The Morgan fingerprint density at radius 2 is 1.65 bits per heavy atom. The number of benzene rings is 2. The third kappa shape index (κ3) is 3.65. The largest absolute Gasteiger partial charge is 0.336 e. The van der Waals surface area contributed by atoms with Crippen LogP contribution in [0.25, 0.3) is 0 Å². The number of hydrogen-bond donors (Lipinski definition) is 1. The van der Waals surface area contributed by atoms with E-state index in [1.165, 1.54) is 4.31 Å². The second kappa shape index (κ2) is 7.42. The molecule has 1 amide bonds. The quantitative estimate of drug-likeness (QED) is 0.820. The molecule has 0 aliphatic carbocycles. The van der Waals surface area contributed by atoms with Gasteiger partial charge in [0.15, 0.2) is 0 Å². The van der Waals surface area contributed by atoms with Crippen LogP contribution in [-0.4, -0.2) is 49.7 Å². The van der Waals surface area contributed by atoms with E-state index in [2.05, 4.69) is 12.6 Å². The number of carbonyl (C=O) groups excluding carboxylic acids is 1. The summed E-state index contributed by atoms with van der Waals surface area (Å²) in [6.45, 7) is 4.99. The molecule has 138 valence electrons. The molecular weight excluding hydrogens is 368 g/mol. The zero-order chi connectivity index (χ0) is 18.9. The van der Waals surface area contributed by atoms with Gasteiger partial charge in [0.25, 0.3) is 5.91 Å². The molecule has 2 aromatic carbocycles. The number of carbonyl (C=O) groups is 1. The fourth-order valence-corrected chi connectivity index (χ4v) is 5.07. The Morgan fingerprint density at radius 3 is 2.31 bits per heavy atom. The van der Waals surface area contributed by atoms with Crippen LogP contribution in [0.4, 0.5) is 0 Å². The summed E-state index contributed by atoms with van der Waals surface area (Å²) in [6.07, 6.45) is 0. The summed E-state index contributed by atoms with van der Waals surface area (Å²) in [6, 6.07) is 12.6. The number of rotatable bonds is 3. The van der Waals surface area contributed by atoms with Crippen LogP contribution in [0.2, 0.25) is 0 Å². The number of piperazine rings is 1. The molecule has 3 rings (SSSR count). The van der Waals surface area contributed by atoms with Crippen LogP contribution < -0.4 is 0 Å². The molecule has 0 spiro atoms. The molecule has 0 N–H and O–H groups in total. The summed E-state index contributed by atoms with van der Waals surface area (Å²) in [5.41, 5.74) is 2.19. The monoisotopic (exact) mass is 390 g/mol. The van der Waals surface area contributed by atoms with Crippen LogP contribution >= 0.6 is 12.6 Å². The number of aryl methyl sites for hydroxylation is 2. The highest BCUT2D eigenvalue weighted by Crippen LogP contribution is 2.23. The molecule has 26 heavy (non-hydrogen) atoms. The molecule has 0 aromatic heterocycles. The second-order valence-electron chi connectivity index (χ2n) is 6.48. The first kappa shape index (κ1) is 18.9. The summed E-state index contributed by atoms with van der Waals surface area (Å²) in [5, 5.41) is 0. The summed E-state index contributed by atoms with van der Waals surface area (Å²) >= 11 is 4.34. The van der Waals surface area contributed by atoms with Gasteiger partial charge in [0.05, 0.1) is 10.5 Å². The van der Waals surface area contributed by atoms with Crippen LogP contribution in [0.3, 0.4) is 0 Å². The van der Waals surface area contributed by atoms with Gasteiger partial charge < -0.3 is 4.90 Å². The van der Waals surface area contributed by atoms with Gasteiger partial charge in [-0.25, -0.2) is 8.42 Å². The van der Waals surface area contributed by atoms with E-state index in [1.54, 1.807) is 36.1 Å². The van der Waals surface area contributed by atoms with E-state index in [9.17, 15) is 13.2 Å². The van der Waals surface area contributed by atoms with Crippen molar-refractivity contribution in [3.05, 3.63) is 59.2 Å². The van der Waals surface area contributed by atoms with E-state index in [4.69, 9.17) is 0 Å². The normalized spacial score (nSPS) is 15.9. The van der Waals surface area contributed by atoms with Crippen molar-refractivity contribution >= 4 is 28.6 Å². The second-order valence-corrected chi connectivity index (χ2v) is 8.87. The smallest absolute Gasteiger partial charge is 0.255 e. The third-order valence-corrected chi connectivity index (χ3v) is 7.05. The topological polar surface area (TPSA) is 57.7 Å². The summed E-state index contributed by atoms with van der Waals surface area (Å²) in [5.74, 6) is -0.112. The zero-order valence-corrected chi connectivity index (χ0v) is 16.6. The van der Waals surface area contributed by atoms with Crippen LogP contribution in [0.5, 0.6) is 0 Å². The first-order valence-electron chi connectivity index (χ1n) is 8.45. The fraction of sp³-hybridized carbons (Fsp3) is 0.316. The highest BCUT2D eigenvalue weighted by atomic mass is 32.2. The zero-order valence-electron chi connectivity index (χ0n) is 14.8. The molecule has 0 atom stereocenters. The molecule has 1 saturated heterocycles. The van der Waals surface area contributed by atoms with Gasteiger partial charge in [0.2, 0.25) is 10.0 Å². The Labute approximate surface area is 160 Å². The van der Waals surface area contributed by atoms with Gasteiger partial charge in [0.1, 0.15) is 0 Å². The van der Waals surface area contributed by atoms with Crippen molar-refractivity contribution in [2.24, 2.45) is 0 Å². The van der Waals surface area contributed by atoms with Crippen molar-refractivity contribution in [2.75, 3.05) is 26.2 Å². The molecule has 0 unspecified atom stereocenters. The summed E-state index contributed by atoms with van der Waals surface area (Å²) in [7, 11) is -3.56. The minimum Gasteiger partial charge on any atom is -0.336 e. The van der Waals surface area contributed by atoms with Gasteiger partial charge in [-0.05, 0) is 43.2 Å². The molecule has 0 bridgehead atoms. The molecule has 1 aliphatic heterocycles. The molecule has 5 nitrogen and oxygen atoms in total. The van der Waals surface area contributed by atoms with Gasteiger partial charge in [-0.3, -0.25) is 4.79 Å². The Bertz CT molecular complexity index is 934. The van der Waals surface area contributed by atoms with E-state index >= 15 is 0 Å². The predicted octanol–water partition coefficient (Wildman–Crippen LogP) is 2.74. The lowest BCUT2D eigenvalue weighted by molar-refractivity contribution is 0.0694. The molecule has 0 saturated carbocycles. The van der Waals surface area contributed by atoms with Crippen LogP contribution in [0, 0.1) is 13.8 Å². The van der Waals surface area contributed by atoms with E-state index in [1.807, 2.05) is 25.1 Å². The number of hydrogen-bond acceptors (Lipinski definition) is 4. The molecule has 1 fully saturated rings. The van der Waals surface area contributed by atoms with E-state index in [0.717, 1.165) is 11.1 Å². The minimum absolute atomic E-state index is 0.112. The molecule has 1 aliphatic rings. The maximum absolute atomic E-state index is 13.0. The molecular formula is C19H22N2O3S2. The van der Waals surface area contributed by atoms with Crippen molar-refractivity contribution in [3.8, 4) is 0 Å². The highest BCUT2D eigenvalue weighted by Gasteiger charge is 2.31. The molecule has 1 heterocycles. The standard InChI is InChI=1S/C19H22N2O3S2/c1-14-7-8-15(2)18(13-14)26(23,24)21-11-9-20(10-12-21)19(22)16-5-3-4-6-17(16)25/h3-8,13,25H,9-12H2,1-2H3. The van der Waals surface area contributed by atoms with Crippen LogP contribution in [0.1, 0.15) is 21.5 Å². The Morgan fingerprint density at radius 1 is 1.00 bits per heavy atom. The molecule has 7 heteroatoms. The van der Waals surface area contributed by atoms with Gasteiger partial charge in [-0.2, -0.15) is 4.31 Å². The Hall–Kier alpha value is -1.83.